The maximum absolute atomic E-state index is 6.52. The number of fused-ring (bicyclic) bond motifs is 7. The number of hydrogen-bond acceptors (Lipinski definition) is 3. The van der Waals surface area contributed by atoms with E-state index in [-0.39, 0.29) is 5.41 Å². The van der Waals surface area contributed by atoms with Crippen LogP contribution in [0.15, 0.2) is 186 Å². The van der Waals surface area contributed by atoms with Gasteiger partial charge in [-0.2, -0.15) is 0 Å². The molecule has 11 rings (SSSR count). The molecule has 3 heteroatoms. The van der Waals surface area contributed by atoms with Gasteiger partial charge >= 0.3 is 0 Å². The lowest BCUT2D eigenvalue weighted by Gasteiger charge is -2.22. The van der Waals surface area contributed by atoms with Crippen LogP contribution in [0, 0.1) is 0 Å². The Labute approximate surface area is 325 Å². The van der Waals surface area contributed by atoms with Gasteiger partial charge in [0.05, 0.1) is 11.4 Å². The van der Waals surface area contributed by atoms with Crippen LogP contribution in [0.4, 0.5) is 0 Å². The second-order valence-corrected chi connectivity index (χ2v) is 15.4. The summed E-state index contributed by atoms with van der Waals surface area (Å²) >= 11 is 0. The highest BCUT2D eigenvalue weighted by molar-refractivity contribution is 6.11. The van der Waals surface area contributed by atoms with E-state index in [4.69, 9.17) is 14.4 Å². The maximum Gasteiger partial charge on any atom is 0.160 e. The second kappa shape index (κ2) is 12.5. The summed E-state index contributed by atoms with van der Waals surface area (Å²) in [5, 5.41) is 4.69. The molecule has 0 unspecified atom stereocenters. The third kappa shape index (κ3) is 5.12. The van der Waals surface area contributed by atoms with E-state index in [2.05, 4.69) is 159 Å². The number of nitrogens with zero attached hydrogens (tertiary/aromatic N) is 2. The molecule has 56 heavy (non-hydrogen) atoms. The van der Waals surface area contributed by atoms with Crippen molar-refractivity contribution in [2.45, 2.75) is 19.3 Å². The van der Waals surface area contributed by atoms with E-state index in [1.807, 2.05) is 36.4 Å². The van der Waals surface area contributed by atoms with Gasteiger partial charge in [0.1, 0.15) is 11.2 Å². The summed E-state index contributed by atoms with van der Waals surface area (Å²) in [5.41, 5.74) is 16.3. The standard InChI is InChI=1S/C53H36N2O/c1-53(2)45-25-14-24-40(50(45)44-28-35-19-9-10-20-36(35)31-46(44)53)37-21-13-22-38(27-37)47-32-48(55-52(54-47)34-17-7-4-8-18-34)39-29-42(33-15-5-3-6-16-33)51-43(30-39)41-23-11-12-26-49(41)56-51/h3-32H,1-2H3. The molecule has 8 aromatic carbocycles. The molecule has 0 atom stereocenters. The summed E-state index contributed by atoms with van der Waals surface area (Å²) in [6.07, 6.45) is 0. The van der Waals surface area contributed by atoms with Crippen molar-refractivity contribution < 1.29 is 4.42 Å². The van der Waals surface area contributed by atoms with Gasteiger partial charge in [-0.15, -0.1) is 0 Å². The van der Waals surface area contributed by atoms with Crippen molar-refractivity contribution in [1.29, 1.82) is 0 Å². The second-order valence-electron chi connectivity index (χ2n) is 15.4. The Hall–Kier alpha value is -7.10. The highest BCUT2D eigenvalue weighted by Gasteiger charge is 2.37. The fourth-order valence-electron chi connectivity index (χ4n) is 8.83. The molecule has 0 aliphatic heterocycles. The molecule has 264 valence electrons. The highest BCUT2D eigenvalue weighted by Crippen LogP contribution is 2.53. The molecule has 3 nitrogen and oxygen atoms in total. The first-order chi connectivity index (χ1) is 27.5. The van der Waals surface area contributed by atoms with Crippen molar-refractivity contribution >= 4 is 32.7 Å². The first-order valence-electron chi connectivity index (χ1n) is 19.2. The fourth-order valence-corrected chi connectivity index (χ4v) is 8.83. The van der Waals surface area contributed by atoms with Crippen LogP contribution in [-0.2, 0) is 5.41 Å². The lowest BCUT2D eigenvalue weighted by atomic mass is 9.81. The van der Waals surface area contributed by atoms with Crippen LogP contribution in [0.2, 0.25) is 0 Å². The molecular formula is C53H36N2O. The quantitative estimate of drug-likeness (QED) is 0.178. The van der Waals surface area contributed by atoms with Gasteiger partial charge in [-0.1, -0.05) is 153 Å². The Morgan fingerprint density at radius 1 is 0.411 bits per heavy atom. The Morgan fingerprint density at radius 2 is 1.05 bits per heavy atom. The number of benzene rings is 8. The summed E-state index contributed by atoms with van der Waals surface area (Å²) in [4.78, 5) is 10.5. The smallest absolute Gasteiger partial charge is 0.160 e. The van der Waals surface area contributed by atoms with Crippen LogP contribution in [0.5, 0.6) is 0 Å². The molecular weight excluding hydrogens is 681 g/mol. The number of rotatable bonds is 5. The van der Waals surface area contributed by atoms with Crippen molar-refractivity contribution in [2.75, 3.05) is 0 Å². The van der Waals surface area contributed by atoms with Crippen LogP contribution >= 0.6 is 0 Å². The summed E-state index contributed by atoms with van der Waals surface area (Å²) < 4.78 is 6.52. The van der Waals surface area contributed by atoms with E-state index in [1.54, 1.807) is 0 Å². The number of para-hydroxylation sites is 1. The van der Waals surface area contributed by atoms with E-state index in [0.29, 0.717) is 5.82 Å². The third-order valence-electron chi connectivity index (χ3n) is 11.7. The molecule has 1 aliphatic rings. The summed E-state index contributed by atoms with van der Waals surface area (Å²) in [6.45, 7) is 4.71. The van der Waals surface area contributed by atoms with Crippen molar-refractivity contribution in [3.63, 3.8) is 0 Å². The van der Waals surface area contributed by atoms with Gasteiger partial charge in [0.2, 0.25) is 0 Å². The predicted molar refractivity (Wildman–Crippen MR) is 232 cm³/mol. The summed E-state index contributed by atoms with van der Waals surface area (Å²) in [7, 11) is 0. The Balaban J connectivity index is 1.11. The molecule has 2 heterocycles. The molecule has 0 spiro atoms. The maximum atomic E-state index is 6.52. The predicted octanol–water partition coefficient (Wildman–Crippen LogP) is 14.2. The third-order valence-corrected chi connectivity index (χ3v) is 11.7. The minimum Gasteiger partial charge on any atom is -0.455 e. The Kier molecular flexibility index (Phi) is 7.20. The van der Waals surface area contributed by atoms with Gasteiger partial charge < -0.3 is 4.42 Å². The van der Waals surface area contributed by atoms with E-state index < -0.39 is 0 Å². The van der Waals surface area contributed by atoms with Crippen LogP contribution in [0.1, 0.15) is 25.0 Å². The van der Waals surface area contributed by atoms with E-state index in [1.165, 1.54) is 38.6 Å². The van der Waals surface area contributed by atoms with Gasteiger partial charge in [0, 0.05) is 38.4 Å². The van der Waals surface area contributed by atoms with E-state index in [0.717, 1.165) is 66.7 Å². The number of furan rings is 1. The molecule has 0 amide bonds. The molecule has 0 N–H and O–H groups in total. The average molecular weight is 717 g/mol. The largest absolute Gasteiger partial charge is 0.455 e. The van der Waals surface area contributed by atoms with Gasteiger partial charge in [-0.25, -0.2) is 9.97 Å². The summed E-state index contributed by atoms with van der Waals surface area (Å²) in [5.74, 6) is 0.685. The van der Waals surface area contributed by atoms with Crippen molar-refractivity contribution in [2.24, 2.45) is 0 Å². The number of hydrogen-bond donors (Lipinski definition) is 0. The van der Waals surface area contributed by atoms with Gasteiger partial charge in [0.25, 0.3) is 0 Å². The van der Waals surface area contributed by atoms with Crippen LogP contribution < -0.4 is 0 Å². The van der Waals surface area contributed by atoms with Crippen LogP contribution in [0.25, 0.3) is 100.0 Å². The molecule has 10 aromatic rings. The Bertz CT molecular complexity index is 3160. The number of aromatic nitrogens is 2. The molecule has 0 saturated heterocycles. The zero-order chi connectivity index (χ0) is 37.4. The molecule has 1 aliphatic carbocycles. The molecule has 0 fully saturated rings. The first-order valence-corrected chi connectivity index (χ1v) is 19.2. The van der Waals surface area contributed by atoms with Crippen LogP contribution in [-0.4, -0.2) is 9.97 Å². The van der Waals surface area contributed by atoms with Gasteiger partial charge in [-0.05, 0) is 92.2 Å². The Morgan fingerprint density at radius 3 is 1.86 bits per heavy atom. The molecule has 2 aromatic heterocycles. The molecule has 0 radical (unpaired) electrons. The van der Waals surface area contributed by atoms with Crippen molar-refractivity contribution in [3.05, 3.63) is 193 Å². The fraction of sp³-hybridized carbons (Fsp3) is 0.0566. The summed E-state index contributed by atoms with van der Waals surface area (Å²) in [6, 6.07) is 64.7. The van der Waals surface area contributed by atoms with E-state index in [9.17, 15) is 0 Å². The monoisotopic (exact) mass is 716 g/mol. The highest BCUT2D eigenvalue weighted by atomic mass is 16.3. The SMILES string of the molecule is CC1(C)c2cc3ccccc3cc2-c2c(-c3cccc(-c4cc(-c5cc(-c6ccccc6)c6oc7ccccc7c6c5)nc(-c5ccccc5)n4)c3)cccc21. The van der Waals surface area contributed by atoms with Gasteiger partial charge in [-0.3, -0.25) is 0 Å². The lowest BCUT2D eigenvalue weighted by molar-refractivity contribution is 0.661. The van der Waals surface area contributed by atoms with Crippen molar-refractivity contribution in [1.82, 2.24) is 9.97 Å². The van der Waals surface area contributed by atoms with Crippen molar-refractivity contribution in [3.8, 4) is 67.3 Å². The van der Waals surface area contributed by atoms with Crippen LogP contribution in [0.3, 0.4) is 0 Å². The zero-order valence-electron chi connectivity index (χ0n) is 31.1. The lowest BCUT2D eigenvalue weighted by Crippen LogP contribution is -2.14. The molecule has 0 bridgehead atoms. The zero-order valence-corrected chi connectivity index (χ0v) is 31.1. The molecule has 0 saturated carbocycles. The normalized spacial score (nSPS) is 13.0. The first kappa shape index (κ1) is 32.3. The minimum atomic E-state index is -0.117. The minimum absolute atomic E-state index is 0.117. The van der Waals surface area contributed by atoms with E-state index >= 15 is 0 Å². The van der Waals surface area contributed by atoms with Gasteiger partial charge in [0.15, 0.2) is 5.82 Å². The average Bonchev–Trinajstić information content (AvgIpc) is 3.74. The topological polar surface area (TPSA) is 38.9 Å².